The monoisotopic (exact) mass is 444 g/mol. The number of rotatable bonds is 8. The van der Waals surface area contributed by atoms with Gasteiger partial charge in [0, 0.05) is 53.3 Å². The first-order chi connectivity index (χ1) is 14.6. The number of nitrogens with zero attached hydrogens (tertiary/aromatic N) is 2. The lowest BCUT2D eigenvalue weighted by Gasteiger charge is -2.38. The summed E-state index contributed by atoms with van der Waals surface area (Å²) in [6, 6.07) is 17.4. The molecule has 0 atom stereocenters. The summed E-state index contributed by atoms with van der Waals surface area (Å²) in [6.07, 6.45) is 3.15. The second-order valence-electron chi connectivity index (χ2n) is 7.53. The third-order valence-electron chi connectivity index (χ3n) is 5.40. The molecule has 2 aromatic rings. The van der Waals surface area contributed by atoms with Crippen molar-refractivity contribution in [2.75, 3.05) is 25.4 Å². The fourth-order valence-corrected chi connectivity index (χ4v) is 4.79. The lowest BCUT2D eigenvalue weighted by molar-refractivity contribution is -0.134. The third kappa shape index (κ3) is 6.26. The summed E-state index contributed by atoms with van der Waals surface area (Å²) < 4.78 is 0. The molecule has 1 saturated heterocycles. The Morgan fingerprint density at radius 1 is 1.07 bits per heavy atom. The van der Waals surface area contributed by atoms with Crippen LogP contribution in [0.15, 0.2) is 59.5 Å². The second kappa shape index (κ2) is 11.4. The highest BCUT2D eigenvalue weighted by Gasteiger charge is 2.29. The molecule has 1 aliphatic heterocycles. The maximum atomic E-state index is 12.9. The normalized spacial score (nSPS) is 14.5. The molecule has 160 valence electrons. The van der Waals surface area contributed by atoms with Gasteiger partial charge in [0.15, 0.2) is 0 Å². The first-order valence-electron chi connectivity index (χ1n) is 10.6. The minimum Gasteiger partial charge on any atom is -0.340 e. The van der Waals surface area contributed by atoms with E-state index in [1.54, 1.807) is 11.8 Å². The van der Waals surface area contributed by atoms with Crippen LogP contribution in [-0.2, 0) is 4.79 Å². The predicted octanol–water partition coefficient (Wildman–Crippen LogP) is 5.37. The van der Waals surface area contributed by atoms with Gasteiger partial charge >= 0.3 is 0 Å². The van der Waals surface area contributed by atoms with Crippen LogP contribution in [0.4, 0.5) is 0 Å². The topological polar surface area (TPSA) is 40.6 Å². The van der Waals surface area contributed by atoms with Crippen molar-refractivity contribution >= 4 is 35.2 Å². The van der Waals surface area contributed by atoms with Gasteiger partial charge < -0.3 is 9.80 Å². The Morgan fingerprint density at radius 3 is 2.37 bits per heavy atom. The number of halogens is 1. The Hall–Kier alpha value is -1.98. The Bertz CT molecular complexity index is 821. The van der Waals surface area contributed by atoms with E-state index in [1.165, 1.54) is 0 Å². The van der Waals surface area contributed by atoms with Crippen LogP contribution >= 0.6 is 23.4 Å². The molecule has 4 nitrogen and oxygen atoms in total. The van der Waals surface area contributed by atoms with Crippen molar-refractivity contribution in [3.63, 3.8) is 0 Å². The SMILES string of the molecule is CCCN(C(=O)CCSc1ccc(Cl)cc1)C1CCN(C(=O)c2ccccc2)CC1. The number of benzene rings is 2. The van der Waals surface area contributed by atoms with Gasteiger partial charge in [-0.15, -0.1) is 11.8 Å². The van der Waals surface area contributed by atoms with Crippen molar-refractivity contribution in [3.05, 3.63) is 65.2 Å². The van der Waals surface area contributed by atoms with Gasteiger partial charge in [0.25, 0.3) is 5.91 Å². The Morgan fingerprint density at radius 2 is 1.73 bits per heavy atom. The molecular weight excluding hydrogens is 416 g/mol. The molecular formula is C24H29ClN2O2S. The van der Waals surface area contributed by atoms with Crippen LogP contribution in [0.25, 0.3) is 0 Å². The number of hydrogen-bond donors (Lipinski definition) is 0. The zero-order valence-electron chi connectivity index (χ0n) is 17.4. The van der Waals surface area contributed by atoms with Gasteiger partial charge in [-0.3, -0.25) is 9.59 Å². The van der Waals surface area contributed by atoms with E-state index in [2.05, 4.69) is 6.92 Å². The standard InChI is InChI=1S/C24H29ClN2O2S/c1-2-15-27(23(28)14-18-30-22-10-8-20(25)9-11-22)21-12-16-26(17-13-21)24(29)19-6-4-3-5-7-19/h3-11,21H,2,12-18H2,1H3. The highest BCUT2D eigenvalue weighted by molar-refractivity contribution is 7.99. The van der Waals surface area contributed by atoms with Crippen LogP contribution in [0.2, 0.25) is 5.02 Å². The molecule has 0 unspecified atom stereocenters. The lowest BCUT2D eigenvalue weighted by atomic mass is 10.0. The highest BCUT2D eigenvalue weighted by Crippen LogP contribution is 2.23. The lowest BCUT2D eigenvalue weighted by Crippen LogP contribution is -2.49. The Labute approximate surface area is 188 Å². The van der Waals surface area contributed by atoms with Gasteiger partial charge in [-0.2, -0.15) is 0 Å². The van der Waals surface area contributed by atoms with Gasteiger partial charge in [0.2, 0.25) is 5.91 Å². The molecule has 3 rings (SSSR count). The maximum Gasteiger partial charge on any atom is 0.253 e. The minimum absolute atomic E-state index is 0.0850. The summed E-state index contributed by atoms with van der Waals surface area (Å²) in [4.78, 5) is 30.7. The second-order valence-corrected chi connectivity index (χ2v) is 9.13. The third-order valence-corrected chi connectivity index (χ3v) is 6.66. The Balaban J connectivity index is 1.50. The molecule has 0 aliphatic carbocycles. The number of amides is 2. The zero-order chi connectivity index (χ0) is 21.3. The smallest absolute Gasteiger partial charge is 0.253 e. The first kappa shape index (κ1) is 22.7. The van der Waals surface area contributed by atoms with Crippen molar-refractivity contribution in [3.8, 4) is 0 Å². The van der Waals surface area contributed by atoms with Gasteiger partial charge in [-0.05, 0) is 55.7 Å². The van der Waals surface area contributed by atoms with Gasteiger partial charge in [0.05, 0.1) is 0 Å². The molecule has 6 heteroatoms. The van der Waals surface area contributed by atoms with Gasteiger partial charge in [-0.1, -0.05) is 36.7 Å². The molecule has 0 bridgehead atoms. The molecule has 0 saturated carbocycles. The van der Waals surface area contributed by atoms with E-state index in [4.69, 9.17) is 11.6 Å². The van der Waals surface area contributed by atoms with Crippen LogP contribution < -0.4 is 0 Å². The molecule has 2 aromatic carbocycles. The highest BCUT2D eigenvalue weighted by atomic mass is 35.5. The first-order valence-corrected chi connectivity index (χ1v) is 12.0. The summed E-state index contributed by atoms with van der Waals surface area (Å²) in [5, 5.41) is 0.724. The number of likely N-dealkylation sites (tertiary alicyclic amines) is 1. The van der Waals surface area contributed by atoms with Crippen LogP contribution in [0.3, 0.4) is 0 Å². The summed E-state index contributed by atoms with van der Waals surface area (Å²) in [6.45, 7) is 4.29. The predicted molar refractivity (Wildman–Crippen MR) is 124 cm³/mol. The largest absolute Gasteiger partial charge is 0.340 e. The fourth-order valence-electron chi connectivity index (χ4n) is 3.83. The van der Waals surface area contributed by atoms with Crippen molar-refractivity contribution < 1.29 is 9.59 Å². The van der Waals surface area contributed by atoms with Crippen LogP contribution in [0.1, 0.15) is 43.0 Å². The van der Waals surface area contributed by atoms with E-state index >= 15 is 0 Å². The van der Waals surface area contributed by atoms with Crippen LogP contribution in [-0.4, -0.2) is 53.0 Å². The molecule has 1 fully saturated rings. The molecule has 0 N–H and O–H groups in total. The quantitative estimate of drug-likeness (QED) is 0.514. The summed E-state index contributed by atoms with van der Waals surface area (Å²) >= 11 is 7.61. The van der Waals surface area contributed by atoms with E-state index in [1.807, 2.05) is 64.4 Å². The zero-order valence-corrected chi connectivity index (χ0v) is 19.0. The van der Waals surface area contributed by atoms with Crippen molar-refractivity contribution in [1.29, 1.82) is 0 Å². The molecule has 0 spiro atoms. The van der Waals surface area contributed by atoms with E-state index in [9.17, 15) is 9.59 Å². The number of carbonyl (C=O) groups is 2. The van der Waals surface area contributed by atoms with Crippen molar-refractivity contribution in [2.45, 2.75) is 43.5 Å². The average Bonchev–Trinajstić information content (AvgIpc) is 2.79. The molecule has 1 aliphatic rings. The summed E-state index contributed by atoms with van der Waals surface area (Å²) in [5.41, 5.74) is 0.733. The number of carbonyl (C=O) groups excluding carboxylic acids is 2. The van der Waals surface area contributed by atoms with Gasteiger partial charge in [0.1, 0.15) is 0 Å². The van der Waals surface area contributed by atoms with Crippen molar-refractivity contribution in [1.82, 2.24) is 9.80 Å². The molecule has 2 amide bonds. The van der Waals surface area contributed by atoms with Gasteiger partial charge in [-0.25, -0.2) is 0 Å². The number of hydrogen-bond acceptors (Lipinski definition) is 3. The van der Waals surface area contributed by atoms with Crippen LogP contribution in [0.5, 0.6) is 0 Å². The average molecular weight is 445 g/mol. The van der Waals surface area contributed by atoms with E-state index in [-0.39, 0.29) is 17.9 Å². The molecule has 1 heterocycles. The van der Waals surface area contributed by atoms with E-state index < -0.39 is 0 Å². The summed E-state index contributed by atoms with van der Waals surface area (Å²) in [5.74, 6) is 1.05. The molecule has 0 aromatic heterocycles. The maximum absolute atomic E-state index is 12.9. The number of piperidine rings is 1. The Kier molecular flexibility index (Phi) is 8.64. The van der Waals surface area contributed by atoms with E-state index in [0.29, 0.717) is 19.5 Å². The summed E-state index contributed by atoms with van der Waals surface area (Å²) in [7, 11) is 0. The number of thioether (sulfide) groups is 1. The molecule has 0 radical (unpaired) electrons. The molecule has 30 heavy (non-hydrogen) atoms. The van der Waals surface area contributed by atoms with E-state index in [0.717, 1.165) is 47.0 Å². The minimum atomic E-state index is 0.0850. The van der Waals surface area contributed by atoms with Crippen molar-refractivity contribution in [2.24, 2.45) is 0 Å². The van der Waals surface area contributed by atoms with Crippen LogP contribution in [0, 0.1) is 0 Å². The fraction of sp³-hybridized carbons (Fsp3) is 0.417.